The van der Waals surface area contributed by atoms with E-state index in [1.807, 2.05) is 18.2 Å². The first kappa shape index (κ1) is 13.3. The molecule has 0 aliphatic heterocycles. The molecule has 2 rings (SSSR count). The molecule has 0 saturated carbocycles. The summed E-state index contributed by atoms with van der Waals surface area (Å²) in [6.07, 6.45) is 2.05. The maximum Gasteiger partial charge on any atom is 0.401 e. The van der Waals surface area contributed by atoms with E-state index in [4.69, 9.17) is 17.0 Å². The second-order valence-electron chi connectivity index (χ2n) is 3.98. The van der Waals surface area contributed by atoms with Crippen LogP contribution < -0.4 is 4.40 Å². The molecule has 0 aromatic carbocycles. The van der Waals surface area contributed by atoms with E-state index in [0.717, 1.165) is 28.6 Å². The van der Waals surface area contributed by atoms with Gasteiger partial charge in [0.2, 0.25) is 4.38 Å². The first-order chi connectivity index (χ1) is 8.60. The maximum absolute atomic E-state index is 5.24. The van der Waals surface area contributed by atoms with Crippen LogP contribution in [0.2, 0.25) is 0 Å². The third-order valence-corrected chi connectivity index (χ3v) is 3.75. The minimum absolute atomic E-state index is 0.585. The summed E-state index contributed by atoms with van der Waals surface area (Å²) in [5.74, 6) is 1.63. The summed E-state index contributed by atoms with van der Waals surface area (Å²) in [6, 6.07) is 2.06. The lowest BCUT2D eigenvalue weighted by Gasteiger charge is -2.00. The molecule has 2 aromatic rings. The number of rotatable bonds is 3. The minimum Gasteiger partial charge on any atom is -0.479 e. The Bertz CT molecular complexity index is 580. The number of ether oxygens (including phenoxy) is 1. The number of thiocarbonyl (C=S) groups is 1. The van der Waals surface area contributed by atoms with E-state index in [0.29, 0.717) is 11.0 Å². The van der Waals surface area contributed by atoms with E-state index < -0.39 is 0 Å². The summed E-state index contributed by atoms with van der Waals surface area (Å²) >= 11 is 6.60. The number of fused-ring (bicyclic) bond motifs is 1. The van der Waals surface area contributed by atoms with Gasteiger partial charge in [0, 0.05) is 6.07 Å². The van der Waals surface area contributed by atoms with Crippen LogP contribution in [-0.4, -0.2) is 21.0 Å². The molecule has 0 radical (unpaired) electrons. The van der Waals surface area contributed by atoms with Gasteiger partial charge in [0.25, 0.3) is 0 Å². The Balaban J connectivity index is 2.15. The second-order valence-corrected chi connectivity index (χ2v) is 5.56. The standard InChI is InChI=1S/C12H15N3OS2/c1-4-16-12(17)18-7-10-6-15-9(3)5-8(2)13-11(15)14-10/h5-6H,4,7H2,1-3H3/p+1. The molecule has 96 valence electrons. The summed E-state index contributed by atoms with van der Waals surface area (Å²) in [6.45, 7) is 6.61. The molecule has 18 heavy (non-hydrogen) atoms. The SMILES string of the molecule is CCOC(=S)SCc1c[n+]2c(C)cc(C)nc2[nH]1. The molecule has 0 unspecified atom stereocenters. The number of nitrogens with zero attached hydrogens (tertiary/aromatic N) is 2. The number of aromatic amines is 1. The maximum atomic E-state index is 5.24. The Labute approximate surface area is 116 Å². The van der Waals surface area contributed by atoms with Crippen LogP contribution in [0.5, 0.6) is 0 Å². The van der Waals surface area contributed by atoms with Gasteiger partial charge in [-0.1, -0.05) is 16.7 Å². The van der Waals surface area contributed by atoms with E-state index in [-0.39, 0.29) is 0 Å². The fourth-order valence-electron chi connectivity index (χ4n) is 1.74. The van der Waals surface area contributed by atoms with E-state index in [1.165, 1.54) is 11.8 Å². The van der Waals surface area contributed by atoms with Crippen molar-refractivity contribution in [3.63, 3.8) is 0 Å². The van der Waals surface area contributed by atoms with Gasteiger partial charge in [-0.25, -0.2) is 9.38 Å². The molecule has 0 bridgehead atoms. The van der Waals surface area contributed by atoms with Gasteiger partial charge >= 0.3 is 5.78 Å². The van der Waals surface area contributed by atoms with Crippen molar-refractivity contribution >= 4 is 34.1 Å². The number of nitrogens with one attached hydrogen (secondary N) is 1. The molecule has 2 heterocycles. The molecule has 0 amide bonds. The Hall–Kier alpha value is -1.14. The molecular weight excluding hydrogens is 266 g/mol. The van der Waals surface area contributed by atoms with Gasteiger partial charge in [-0.3, -0.25) is 0 Å². The van der Waals surface area contributed by atoms with E-state index in [2.05, 4.69) is 29.2 Å². The van der Waals surface area contributed by atoms with Crippen LogP contribution in [-0.2, 0) is 10.5 Å². The molecule has 0 aliphatic rings. The van der Waals surface area contributed by atoms with E-state index >= 15 is 0 Å². The topological polar surface area (TPSA) is 42.0 Å². The van der Waals surface area contributed by atoms with Gasteiger partial charge in [-0.15, -0.1) is 0 Å². The molecule has 0 spiro atoms. The fraction of sp³-hybridized carbons (Fsp3) is 0.417. The van der Waals surface area contributed by atoms with Crippen molar-refractivity contribution in [3.8, 4) is 0 Å². The molecule has 4 nitrogen and oxygen atoms in total. The lowest BCUT2D eigenvalue weighted by Crippen LogP contribution is -2.24. The van der Waals surface area contributed by atoms with Crippen LogP contribution in [0, 0.1) is 13.8 Å². The van der Waals surface area contributed by atoms with E-state index in [1.54, 1.807) is 0 Å². The van der Waals surface area contributed by atoms with Gasteiger partial charge in [-0.05, 0) is 33.0 Å². The van der Waals surface area contributed by atoms with Gasteiger partial charge in [0.15, 0.2) is 0 Å². The van der Waals surface area contributed by atoms with Crippen LogP contribution in [0.1, 0.15) is 24.0 Å². The molecule has 6 heteroatoms. The summed E-state index contributed by atoms with van der Waals surface area (Å²) in [4.78, 5) is 7.75. The predicted octanol–water partition coefficient (Wildman–Crippen LogP) is 2.32. The highest BCUT2D eigenvalue weighted by molar-refractivity contribution is 8.22. The van der Waals surface area contributed by atoms with Crippen LogP contribution in [0.15, 0.2) is 12.3 Å². The van der Waals surface area contributed by atoms with Crippen molar-refractivity contribution in [2.24, 2.45) is 0 Å². The monoisotopic (exact) mass is 282 g/mol. The van der Waals surface area contributed by atoms with Crippen LogP contribution in [0.3, 0.4) is 0 Å². The van der Waals surface area contributed by atoms with Crippen molar-refractivity contribution in [1.82, 2.24) is 9.97 Å². The lowest BCUT2D eigenvalue weighted by molar-refractivity contribution is -0.520. The van der Waals surface area contributed by atoms with Crippen LogP contribution in [0.25, 0.3) is 5.78 Å². The number of aromatic nitrogens is 3. The molecular formula is C12H16N3OS2+. The molecule has 1 N–H and O–H groups in total. The van der Waals surface area contributed by atoms with Crippen molar-refractivity contribution < 1.29 is 9.14 Å². The van der Waals surface area contributed by atoms with Crippen molar-refractivity contribution in [1.29, 1.82) is 0 Å². The Morgan fingerprint density at radius 3 is 3.06 bits per heavy atom. The van der Waals surface area contributed by atoms with Crippen LogP contribution >= 0.6 is 24.0 Å². The number of aryl methyl sites for hydroxylation is 2. The average Bonchev–Trinajstić information content (AvgIpc) is 2.70. The average molecular weight is 282 g/mol. The summed E-state index contributed by atoms with van der Waals surface area (Å²) in [7, 11) is 0. The first-order valence-electron chi connectivity index (χ1n) is 5.77. The number of thioether (sulfide) groups is 1. The number of hydrogen-bond donors (Lipinski definition) is 1. The fourth-order valence-corrected chi connectivity index (χ4v) is 2.66. The Morgan fingerprint density at radius 2 is 2.33 bits per heavy atom. The number of hydrogen-bond acceptors (Lipinski definition) is 4. The van der Waals surface area contributed by atoms with Gasteiger partial charge in [-0.2, -0.15) is 0 Å². The summed E-state index contributed by atoms with van der Waals surface area (Å²) in [5.41, 5.74) is 3.26. The van der Waals surface area contributed by atoms with Gasteiger partial charge in [0.1, 0.15) is 17.6 Å². The molecule has 0 aliphatic carbocycles. The molecule has 2 aromatic heterocycles. The predicted molar refractivity (Wildman–Crippen MR) is 76.7 cm³/mol. The number of H-pyrrole nitrogens is 1. The van der Waals surface area contributed by atoms with Crippen molar-refractivity contribution in [2.45, 2.75) is 26.5 Å². The van der Waals surface area contributed by atoms with E-state index in [9.17, 15) is 0 Å². The third-order valence-electron chi connectivity index (χ3n) is 2.47. The minimum atomic E-state index is 0.585. The molecule has 0 saturated heterocycles. The summed E-state index contributed by atoms with van der Waals surface area (Å²) in [5, 5.41) is 0. The highest BCUT2D eigenvalue weighted by Gasteiger charge is 2.13. The Kier molecular flexibility index (Phi) is 4.19. The normalized spacial score (nSPS) is 10.8. The largest absolute Gasteiger partial charge is 0.479 e. The quantitative estimate of drug-likeness (QED) is 0.693. The van der Waals surface area contributed by atoms with Gasteiger partial charge in [0.05, 0.1) is 18.1 Å². The lowest BCUT2D eigenvalue weighted by atomic mass is 10.3. The molecule has 0 fully saturated rings. The first-order valence-corrected chi connectivity index (χ1v) is 7.16. The highest BCUT2D eigenvalue weighted by atomic mass is 32.2. The smallest absolute Gasteiger partial charge is 0.401 e. The number of imidazole rings is 1. The zero-order valence-electron chi connectivity index (χ0n) is 10.7. The van der Waals surface area contributed by atoms with Crippen LogP contribution in [0.4, 0.5) is 0 Å². The van der Waals surface area contributed by atoms with Gasteiger partial charge < -0.3 is 4.74 Å². The molecule has 0 atom stereocenters. The third kappa shape index (κ3) is 3.00. The summed E-state index contributed by atoms with van der Waals surface area (Å²) < 4.78 is 7.87. The second kappa shape index (κ2) is 5.67. The van der Waals surface area contributed by atoms with Crippen molar-refractivity contribution in [2.75, 3.05) is 6.61 Å². The zero-order chi connectivity index (χ0) is 13.1. The highest BCUT2D eigenvalue weighted by Crippen LogP contribution is 2.13. The zero-order valence-corrected chi connectivity index (χ0v) is 12.3. The Morgan fingerprint density at radius 1 is 1.56 bits per heavy atom. The van der Waals surface area contributed by atoms with Crippen molar-refractivity contribution in [3.05, 3.63) is 29.3 Å².